The summed E-state index contributed by atoms with van der Waals surface area (Å²) < 4.78 is 38.2. The van der Waals surface area contributed by atoms with Gasteiger partial charge in [0.1, 0.15) is 5.75 Å². The maximum absolute atomic E-state index is 12.8. The van der Waals surface area contributed by atoms with E-state index in [4.69, 9.17) is 0 Å². The van der Waals surface area contributed by atoms with Gasteiger partial charge in [-0.15, -0.1) is 0 Å². The van der Waals surface area contributed by atoms with Crippen LogP contribution in [0.4, 0.5) is 18.9 Å². The largest absolute Gasteiger partial charge is 0.506 e. The number of benzene rings is 2. The molecule has 0 radical (unpaired) electrons. The Hall–Kier alpha value is -2.02. The molecule has 0 atom stereocenters. The van der Waals surface area contributed by atoms with E-state index in [0.29, 0.717) is 0 Å². The van der Waals surface area contributed by atoms with Gasteiger partial charge >= 0.3 is 6.18 Å². The van der Waals surface area contributed by atoms with Gasteiger partial charge in [0.25, 0.3) is 5.91 Å². The second-order valence-corrected chi connectivity index (χ2v) is 5.02. The molecule has 0 unspecified atom stereocenters. The standard InChI is InChI=1S/C14H9BrF3NO2/c15-10-6-5-8(7-9(10)14(16,17)18)13(21)19-11-3-1-2-4-12(11)20/h1-7,20H,(H,19,21). The first-order valence-corrected chi connectivity index (χ1v) is 6.54. The van der Waals surface area contributed by atoms with E-state index in [2.05, 4.69) is 21.2 Å². The summed E-state index contributed by atoms with van der Waals surface area (Å²) in [4.78, 5) is 12.0. The molecule has 0 fully saturated rings. The minimum absolute atomic E-state index is 0.124. The summed E-state index contributed by atoms with van der Waals surface area (Å²) >= 11 is 2.80. The van der Waals surface area contributed by atoms with Gasteiger partial charge in [-0.05, 0) is 30.3 Å². The lowest BCUT2D eigenvalue weighted by molar-refractivity contribution is -0.138. The molecule has 3 nitrogen and oxygen atoms in total. The van der Waals surface area contributed by atoms with Crippen LogP contribution < -0.4 is 5.32 Å². The second kappa shape index (κ2) is 5.77. The number of alkyl halides is 3. The zero-order valence-corrected chi connectivity index (χ0v) is 12.0. The van der Waals surface area contributed by atoms with Crippen molar-refractivity contribution in [2.45, 2.75) is 6.18 Å². The Balaban J connectivity index is 2.31. The molecule has 0 spiro atoms. The molecule has 0 bridgehead atoms. The van der Waals surface area contributed by atoms with Gasteiger partial charge in [0, 0.05) is 10.0 Å². The highest BCUT2D eigenvalue weighted by Gasteiger charge is 2.33. The molecule has 21 heavy (non-hydrogen) atoms. The van der Waals surface area contributed by atoms with E-state index in [9.17, 15) is 23.1 Å². The van der Waals surface area contributed by atoms with Gasteiger partial charge in [-0.3, -0.25) is 4.79 Å². The third-order valence-electron chi connectivity index (χ3n) is 2.69. The van der Waals surface area contributed by atoms with Gasteiger partial charge in [-0.2, -0.15) is 13.2 Å². The first-order valence-electron chi connectivity index (χ1n) is 5.75. The van der Waals surface area contributed by atoms with Gasteiger partial charge in [0.15, 0.2) is 0 Å². The molecule has 2 rings (SSSR count). The zero-order valence-electron chi connectivity index (χ0n) is 10.4. The number of hydrogen-bond acceptors (Lipinski definition) is 2. The third kappa shape index (κ3) is 3.55. The smallest absolute Gasteiger partial charge is 0.417 e. The lowest BCUT2D eigenvalue weighted by Gasteiger charge is -2.11. The zero-order chi connectivity index (χ0) is 15.6. The number of halogens is 4. The first-order chi connectivity index (χ1) is 9.79. The number of amides is 1. The predicted octanol–water partition coefficient (Wildman–Crippen LogP) is 4.43. The maximum Gasteiger partial charge on any atom is 0.417 e. The van der Waals surface area contributed by atoms with E-state index in [1.807, 2.05) is 0 Å². The first kappa shape index (κ1) is 15.4. The van der Waals surface area contributed by atoms with Crippen LogP contribution in [-0.2, 0) is 6.18 Å². The fraction of sp³-hybridized carbons (Fsp3) is 0.0714. The fourth-order valence-corrected chi connectivity index (χ4v) is 2.13. The topological polar surface area (TPSA) is 49.3 Å². The fourth-order valence-electron chi connectivity index (χ4n) is 1.66. The molecule has 1 amide bonds. The molecule has 0 saturated heterocycles. The minimum atomic E-state index is -4.57. The van der Waals surface area contributed by atoms with Crippen molar-refractivity contribution in [3.63, 3.8) is 0 Å². The average molecular weight is 360 g/mol. The van der Waals surface area contributed by atoms with Crippen molar-refractivity contribution in [3.8, 4) is 5.75 Å². The third-order valence-corrected chi connectivity index (χ3v) is 3.38. The molecule has 0 aromatic heterocycles. The Morgan fingerprint density at radius 1 is 1.14 bits per heavy atom. The molecule has 2 N–H and O–H groups in total. The van der Waals surface area contributed by atoms with Crippen LogP contribution in [0.25, 0.3) is 0 Å². The molecular weight excluding hydrogens is 351 g/mol. The number of carbonyl (C=O) groups is 1. The number of aromatic hydroxyl groups is 1. The van der Waals surface area contributed by atoms with Crippen molar-refractivity contribution < 1.29 is 23.1 Å². The number of rotatable bonds is 2. The van der Waals surface area contributed by atoms with Crippen LogP contribution in [0.3, 0.4) is 0 Å². The summed E-state index contributed by atoms with van der Waals surface area (Å²) in [6.45, 7) is 0. The lowest BCUT2D eigenvalue weighted by atomic mass is 10.1. The SMILES string of the molecule is O=C(Nc1ccccc1O)c1ccc(Br)c(C(F)(F)F)c1. The van der Waals surface area contributed by atoms with Gasteiger partial charge in [-0.25, -0.2) is 0 Å². The quantitative estimate of drug-likeness (QED) is 0.779. The van der Waals surface area contributed by atoms with Crippen LogP contribution in [0.1, 0.15) is 15.9 Å². The van der Waals surface area contributed by atoms with Gasteiger partial charge in [0.2, 0.25) is 0 Å². The van der Waals surface area contributed by atoms with Crippen LogP contribution in [0, 0.1) is 0 Å². The highest BCUT2D eigenvalue weighted by molar-refractivity contribution is 9.10. The van der Waals surface area contributed by atoms with Gasteiger partial charge in [-0.1, -0.05) is 28.1 Å². The Labute approximate surface area is 126 Å². The van der Waals surface area contributed by atoms with Crippen LogP contribution >= 0.6 is 15.9 Å². The van der Waals surface area contributed by atoms with Crippen molar-refractivity contribution in [1.29, 1.82) is 0 Å². The van der Waals surface area contributed by atoms with Crippen LogP contribution in [0.15, 0.2) is 46.9 Å². The number of anilines is 1. The van der Waals surface area contributed by atoms with Crippen LogP contribution in [0.2, 0.25) is 0 Å². The predicted molar refractivity (Wildman–Crippen MR) is 75.2 cm³/mol. The second-order valence-electron chi connectivity index (χ2n) is 4.16. The number of para-hydroxylation sites is 2. The average Bonchev–Trinajstić information content (AvgIpc) is 2.40. The molecule has 0 saturated carbocycles. The Morgan fingerprint density at radius 3 is 2.43 bits per heavy atom. The normalized spacial score (nSPS) is 11.2. The van der Waals surface area contributed by atoms with Crippen molar-refractivity contribution in [2.75, 3.05) is 5.32 Å². The number of hydrogen-bond donors (Lipinski definition) is 2. The number of carbonyl (C=O) groups excluding carboxylic acids is 1. The van der Waals surface area contributed by atoms with Crippen LogP contribution in [0.5, 0.6) is 5.75 Å². The molecular formula is C14H9BrF3NO2. The molecule has 2 aromatic rings. The molecule has 0 aliphatic rings. The summed E-state index contributed by atoms with van der Waals surface area (Å²) in [5.41, 5.74) is -0.972. The van der Waals surface area contributed by atoms with E-state index in [1.165, 1.54) is 18.2 Å². The number of nitrogens with one attached hydrogen (secondary N) is 1. The summed E-state index contributed by atoms with van der Waals surface area (Å²) in [5, 5.41) is 11.9. The van der Waals surface area contributed by atoms with E-state index in [0.717, 1.165) is 12.1 Å². The van der Waals surface area contributed by atoms with E-state index in [1.54, 1.807) is 12.1 Å². The summed E-state index contributed by atoms with van der Waals surface area (Å²) in [7, 11) is 0. The monoisotopic (exact) mass is 359 g/mol. The van der Waals surface area contributed by atoms with E-state index >= 15 is 0 Å². The number of phenols is 1. The van der Waals surface area contributed by atoms with Crippen molar-refractivity contribution in [2.24, 2.45) is 0 Å². The Kier molecular flexibility index (Phi) is 4.22. The lowest BCUT2D eigenvalue weighted by Crippen LogP contribution is -2.14. The van der Waals surface area contributed by atoms with Gasteiger partial charge < -0.3 is 10.4 Å². The summed E-state index contributed by atoms with van der Waals surface area (Å²) in [5.74, 6) is -0.909. The van der Waals surface area contributed by atoms with Crippen molar-refractivity contribution in [3.05, 3.63) is 58.1 Å². The number of phenolic OH excluding ortho intramolecular Hbond substituents is 1. The summed E-state index contributed by atoms with van der Waals surface area (Å²) in [6.07, 6.45) is -4.57. The minimum Gasteiger partial charge on any atom is -0.506 e. The summed E-state index contributed by atoms with van der Waals surface area (Å²) in [6, 6.07) is 9.11. The van der Waals surface area contributed by atoms with Crippen molar-refractivity contribution >= 4 is 27.5 Å². The van der Waals surface area contributed by atoms with E-state index < -0.39 is 17.6 Å². The molecule has 7 heteroatoms. The molecule has 0 aliphatic carbocycles. The van der Waals surface area contributed by atoms with E-state index in [-0.39, 0.29) is 21.5 Å². The highest BCUT2D eigenvalue weighted by atomic mass is 79.9. The molecule has 0 heterocycles. The molecule has 0 aliphatic heterocycles. The van der Waals surface area contributed by atoms with Crippen molar-refractivity contribution in [1.82, 2.24) is 0 Å². The van der Waals surface area contributed by atoms with Gasteiger partial charge in [0.05, 0.1) is 11.3 Å². The molecule has 110 valence electrons. The highest BCUT2D eigenvalue weighted by Crippen LogP contribution is 2.35. The Morgan fingerprint density at radius 2 is 1.81 bits per heavy atom. The maximum atomic E-state index is 12.8. The molecule has 2 aromatic carbocycles. The Bertz CT molecular complexity index is 686. The van der Waals surface area contributed by atoms with Crippen LogP contribution in [-0.4, -0.2) is 11.0 Å².